The van der Waals surface area contributed by atoms with Gasteiger partial charge >= 0.3 is 0 Å². The molecule has 0 aromatic heterocycles. The molecule has 1 saturated heterocycles. The van der Waals surface area contributed by atoms with Gasteiger partial charge in [-0.15, -0.1) is 0 Å². The van der Waals surface area contributed by atoms with E-state index in [-0.39, 0.29) is 11.8 Å². The summed E-state index contributed by atoms with van der Waals surface area (Å²) < 4.78 is 0. The van der Waals surface area contributed by atoms with Gasteiger partial charge in [0.2, 0.25) is 11.8 Å². The van der Waals surface area contributed by atoms with Crippen LogP contribution >= 0.6 is 0 Å². The Hall–Kier alpha value is -1.36. The van der Waals surface area contributed by atoms with Crippen molar-refractivity contribution in [2.24, 2.45) is 0 Å². The van der Waals surface area contributed by atoms with E-state index in [4.69, 9.17) is 0 Å². The fourth-order valence-electron chi connectivity index (χ4n) is 2.02. The van der Waals surface area contributed by atoms with Crippen LogP contribution in [-0.2, 0) is 9.59 Å². The Morgan fingerprint density at radius 1 is 1.32 bits per heavy atom. The third-order valence-electron chi connectivity index (χ3n) is 3.29. The maximum atomic E-state index is 12.0. The second kappa shape index (κ2) is 7.94. The van der Waals surface area contributed by atoms with Gasteiger partial charge < -0.3 is 14.7 Å². The summed E-state index contributed by atoms with van der Waals surface area (Å²) in [4.78, 5) is 29.6. The Bertz CT molecular complexity index is 340. The summed E-state index contributed by atoms with van der Waals surface area (Å²) in [7, 11) is 3.99. The van der Waals surface area contributed by atoms with E-state index in [1.807, 2.05) is 38.1 Å². The number of hydrogen-bond acceptors (Lipinski definition) is 3. The van der Waals surface area contributed by atoms with E-state index in [1.54, 1.807) is 4.90 Å². The molecular formula is C14H25N3O2. The molecule has 0 spiro atoms. The molecule has 0 aromatic carbocycles. The van der Waals surface area contributed by atoms with E-state index >= 15 is 0 Å². The third-order valence-corrected chi connectivity index (χ3v) is 3.29. The lowest BCUT2D eigenvalue weighted by molar-refractivity contribution is -0.130. The summed E-state index contributed by atoms with van der Waals surface area (Å²) in [6.45, 7) is 5.35. The number of amides is 2. The van der Waals surface area contributed by atoms with Gasteiger partial charge in [0, 0.05) is 45.6 Å². The van der Waals surface area contributed by atoms with Gasteiger partial charge in [0.15, 0.2) is 0 Å². The molecule has 0 saturated carbocycles. The van der Waals surface area contributed by atoms with Crippen molar-refractivity contribution >= 4 is 11.8 Å². The molecule has 108 valence electrons. The average molecular weight is 267 g/mol. The zero-order valence-electron chi connectivity index (χ0n) is 12.3. The molecule has 1 rings (SSSR count). The largest absolute Gasteiger partial charge is 0.340 e. The predicted octanol–water partition coefficient (Wildman–Crippen LogP) is 0.575. The van der Waals surface area contributed by atoms with Gasteiger partial charge in [-0.1, -0.05) is 12.2 Å². The molecule has 0 aliphatic carbocycles. The van der Waals surface area contributed by atoms with Crippen LogP contribution in [0.4, 0.5) is 0 Å². The van der Waals surface area contributed by atoms with Gasteiger partial charge in [0.05, 0.1) is 0 Å². The summed E-state index contributed by atoms with van der Waals surface area (Å²) >= 11 is 0. The molecule has 5 heteroatoms. The van der Waals surface area contributed by atoms with Crippen molar-refractivity contribution in [3.63, 3.8) is 0 Å². The van der Waals surface area contributed by atoms with Gasteiger partial charge in [-0.3, -0.25) is 9.59 Å². The molecule has 0 N–H and O–H groups in total. The van der Waals surface area contributed by atoms with Crippen molar-refractivity contribution in [1.29, 1.82) is 0 Å². The van der Waals surface area contributed by atoms with Crippen LogP contribution in [0.15, 0.2) is 12.2 Å². The maximum Gasteiger partial charge on any atom is 0.226 e. The molecule has 0 aromatic rings. The molecular weight excluding hydrogens is 242 g/mol. The van der Waals surface area contributed by atoms with E-state index in [9.17, 15) is 9.59 Å². The first-order chi connectivity index (χ1) is 9.04. The number of allylic oxidation sites excluding steroid dienone is 1. The molecule has 0 atom stereocenters. The Kier molecular flexibility index (Phi) is 6.56. The topological polar surface area (TPSA) is 43.9 Å². The number of hydrogen-bond donors (Lipinski definition) is 0. The number of carbonyl (C=O) groups excluding carboxylic acids is 2. The fraction of sp³-hybridized carbons (Fsp3) is 0.714. The zero-order chi connectivity index (χ0) is 14.3. The van der Waals surface area contributed by atoms with Crippen LogP contribution in [0.3, 0.4) is 0 Å². The summed E-state index contributed by atoms with van der Waals surface area (Å²) in [6.07, 6.45) is 4.61. The Labute approximate surface area is 115 Å². The highest BCUT2D eigenvalue weighted by Gasteiger charge is 2.22. The molecule has 1 aliphatic heterocycles. The van der Waals surface area contributed by atoms with E-state index in [0.29, 0.717) is 32.5 Å². The minimum atomic E-state index is 0.111. The number of nitrogens with zero attached hydrogens (tertiary/aromatic N) is 3. The molecule has 0 bridgehead atoms. The second-order valence-corrected chi connectivity index (χ2v) is 5.09. The third kappa shape index (κ3) is 5.42. The van der Waals surface area contributed by atoms with Crippen LogP contribution < -0.4 is 0 Å². The SMILES string of the molecule is CC=CCC(=O)N1CCC(=O)N(CCN(C)C)CC1. The van der Waals surface area contributed by atoms with Crippen LogP contribution in [0.2, 0.25) is 0 Å². The summed E-state index contributed by atoms with van der Waals surface area (Å²) in [6, 6.07) is 0. The van der Waals surface area contributed by atoms with Crippen molar-refractivity contribution in [2.45, 2.75) is 19.8 Å². The van der Waals surface area contributed by atoms with Crippen LogP contribution in [0, 0.1) is 0 Å². The molecule has 1 aliphatic rings. The normalized spacial score (nSPS) is 17.4. The lowest BCUT2D eigenvalue weighted by Crippen LogP contribution is -2.38. The number of carbonyl (C=O) groups is 2. The Balaban J connectivity index is 2.48. The quantitative estimate of drug-likeness (QED) is 0.684. The van der Waals surface area contributed by atoms with Crippen LogP contribution in [0.1, 0.15) is 19.8 Å². The Morgan fingerprint density at radius 2 is 2.05 bits per heavy atom. The fourth-order valence-corrected chi connectivity index (χ4v) is 2.02. The molecule has 0 unspecified atom stereocenters. The maximum absolute atomic E-state index is 12.0. The molecule has 1 heterocycles. The van der Waals surface area contributed by atoms with Crippen molar-refractivity contribution < 1.29 is 9.59 Å². The van der Waals surface area contributed by atoms with Gasteiger partial charge in [0.25, 0.3) is 0 Å². The first kappa shape index (κ1) is 15.7. The minimum Gasteiger partial charge on any atom is -0.340 e. The first-order valence-corrected chi connectivity index (χ1v) is 6.86. The van der Waals surface area contributed by atoms with Crippen LogP contribution in [0.5, 0.6) is 0 Å². The van der Waals surface area contributed by atoms with E-state index < -0.39 is 0 Å². The number of rotatable bonds is 5. The standard InChI is InChI=1S/C14H25N3O2/c1-4-5-6-13(18)16-8-7-14(19)17(12-11-16)10-9-15(2)3/h4-5H,6-12H2,1-3H3. The Morgan fingerprint density at radius 3 is 2.68 bits per heavy atom. The molecule has 0 radical (unpaired) electrons. The van der Waals surface area contributed by atoms with Crippen molar-refractivity contribution in [3.8, 4) is 0 Å². The van der Waals surface area contributed by atoms with E-state index in [1.165, 1.54) is 0 Å². The summed E-state index contributed by atoms with van der Waals surface area (Å²) in [5.74, 6) is 0.267. The van der Waals surface area contributed by atoms with Crippen molar-refractivity contribution in [3.05, 3.63) is 12.2 Å². The molecule has 19 heavy (non-hydrogen) atoms. The lowest BCUT2D eigenvalue weighted by Gasteiger charge is -2.23. The van der Waals surface area contributed by atoms with Crippen molar-refractivity contribution in [2.75, 3.05) is 46.8 Å². The molecule has 2 amide bonds. The second-order valence-electron chi connectivity index (χ2n) is 5.09. The van der Waals surface area contributed by atoms with Gasteiger partial charge in [-0.05, 0) is 21.0 Å². The summed E-state index contributed by atoms with van der Waals surface area (Å²) in [5.41, 5.74) is 0. The lowest BCUT2D eigenvalue weighted by atomic mass is 10.3. The first-order valence-electron chi connectivity index (χ1n) is 6.86. The smallest absolute Gasteiger partial charge is 0.226 e. The highest BCUT2D eigenvalue weighted by molar-refractivity contribution is 5.81. The monoisotopic (exact) mass is 267 g/mol. The predicted molar refractivity (Wildman–Crippen MR) is 75.8 cm³/mol. The highest BCUT2D eigenvalue weighted by atomic mass is 16.2. The summed E-state index contributed by atoms with van der Waals surface area (Å²) in [5, 5.41) is 0. The van der Waals surface area contributed by atoms with Gasteiger partial charge in [-0.2, -0.15) is 0 Å². The van der Waals surface area contributed by atoms with Gasteiger partial charge in [-0.25, -0.2) is 0 Å². The number of likely N-dealkylation sites (N-methyl/N-ethyl adjacent to an activating group) is 1. The highest BCUT2D eigenvalue weighted by Crippen LogP contribution is 2.06. The zero-order valence-corrected chi connectivity index (χ0v) is 12.3. The van der Waals surface area contributed by atoms with Crippen molar-refractivity contribution in [1.82, 2.24) is 14.7 Å². The van der Waals surface area contributed by atoms with Gasteiger partial charge in [0.1, 0.15) is 0 Å². The van der Waals surface area contributed by atoms with E-state index in [0.717, 1.165) is 13.1 Å². The molecule has 5 nitrogen and oxygen atoms in total. The molecule has 1 fully saturated rings. The minimum absolute atomic E-state index is 0.111. The van der Waals surface area contributed by atoms with Crippen LogP contribution in [0.25, 0.3) is 0 Å². The average Bonchev–Trinajstić information content (AvgIpc) is 2.56. The van der Waals surface area contributed by atoms with E-state index in [2.05, 4.69) is 4.90 Å². The van der Waals surface area contributed by atoms with Crippen LogP contribution in [-0.4, -0.2) is 73.3 Å².